The normalized spacial score (nSPS) is 19.7. The minimum atomic E-state index is -0.375. The molecule has 2 atom stereocenters. The number of aliphatic hydroxyl groups is 1. The minimum absolute atomic E-state index is 0.0868. The van der Waals surface area contributed by atoms with Crippen LogP contribution < -0.4 is 5.32 Å². The Morgan fingerprint density at radius 2 is 2.20 bits per heavy atom. The standard InChI is InChI=1S/C11H21NO3/c1-8(13)5-6-12-11(14)9(2)15-7-10-3-4-10/h8-10,13H,3-7H2,1-2H3,(H,12,14). The highest BCUT2D eigenvalue weighted by Gasteiger charge is 2.23. The van der Waals surface area contributed by atoms with Crippen molar-refractivity contribution < 1.29 is 14.6 Å². The molecule has 0 aliphatic heterocycles. The molecule has 4 heteroatoms. The van der Waals surface area contributed by atoms with Crippen LogP contribution in [-0.4, -0.2) is 36.4 Å². The Labute approximate surface area is 91.0 Å². The highest BCUT2D eigenvalue weighted by molar-refractivity contribution is 5.80. The zero-order chi connectivity index (χ0) is 11.3. The number of ether oxygens (including phenoxy) is 1. The first-order valence-electron chi connectivity index (χ1n) is 5.67. The first-order valence-corrected chi connectivity index (χ1v) is 5.67. The Balaban J connectivity index is 2.03. The van der Waals surface area contributed by atoms with Crippen LogP contribution >= 0.6 is 0 Å². The number of rotatable bonds is 7. The quantitative estimate of drug-likeness (QED) is 0.657. The maximum absolute atomic E-state index is 11.4. The zero-order valence-corrected chi connectivity index (χ0v) is 9.53. The molecule has 15 heavy (non-hydrogen) atoms. The maximum atomic E-state index is 11.4. The second-order valence-electron chi connectivity index (χ2n) is 4.35. The summed E-state index contributed by atoms with van der Waals surface area (Å²) in [7, 11) is 0. The van der Waals surface area contributed by atoms with Crippen molar-refractivity contribution in [1.29, 1.82) is 0 Å². The maximum Gasteiger partial charge on any atom is 0.248 e. The molecule has 2 N–H and O–H groups in total. The van der Waals surface area contributed by atoms with Crippen LogP contribution in [0.2, 0.25) is 0 Å². The lowest BCUT2D eigenvalue weighted by Gasteiger charge is -2.13. The van der Waals surface area contributed by atoms with Crippen molar-refractivity contribution in [2.45, 2.75) is 45.3 Å². The van der Waals surface area contributed by atoms with Crippen molar-refractivity contribution in [2.75, 3.05) is 13.2 Å². The monoisotopic (exact) mass is 215 g/mol. The van der Waals surface area contributed by atoms with Gasteiger partial charge in [-0.05, 0) is 39.0 Å². The molecule has 1 saturated carbocycles. The Morgan fingerprint density at radius 3 is 2.73 bits per heavy atom. The van der Waals surface area contributed by atoms with Crippen LogP contribution in [0.15, 0.2) is 0 Å². The van der Waals surface area contributed by atoms with Crippen LogP contribution in [-0.2, 0) is 9.53 Å². The molecule has 0 aromatic rings. The third-order valence-corrected chi connectivity index (χ3v) is 2.51. The van der Waals surface area contributed by atoms with Gasteiger partial charge >= 0.3 is 0 Å². The van der Waals surface area contributed by atoms with E-state index in [1.165, 1.54) is 12.8 Å². The molecule has 1 amide bonds. The lowest BCUT2D eigenvalue weighted by molar-refractivity contribution is -0.132. The molecule has 0 radical (unpaired) electrons. The fraction of sp³-hybridized carbons (Fsp3) is 0.909. The van der Waals surface area contributed by atoms with Gasteiger partial charge in [0.2, 0.25) is 5.91 Å². The molecule has 0 saturated heterocycles. The van der Waals surface area contributed by atoms with Gasteiger partial charge in [-0.15, -0.1) is 0 Å². The summed E-state index contributed by atoms with van der Waals surface area (Å²) in [6, 6.07) is 0. The Hall–Kier alpha value is -0.610. The Kier molecular flexibility index (Phi) is 5.05. The fourth-order valence-electron chi connectivity index (χ4n) is 1.19. The summed E-state index contributed by atoms with van der Waals surface area (Å²) in [6.45, 7) is 4.68. The molecule has 4 nitrogen and oxygen atoms in total. The first kappa shape index (κ1) is 12.5. The largest absolute Gasteiger partial charge is 0.393 e. The molecule has 2 unspecified atom stereocenters. The zero-order valence-electron chi connectivity index (χ0n) is 9.53. The molecule has 0 heterocycles. The van der Waals surface area contributed by atoms with Gasteiger partial charge in [-0.2, -0.15) is 0 Å². The molecule has 0 bridgehead atoms. The van der Waals surface area contributed by atoms with Crippen LogP contribution in [0.5, 0.6) is 0 Å². The van der Waals surface area contributed by atoms with Crippen molar-refractivity contribution in [3.05, 3.63) is 0 Å². The van der Waals surface area contributed by atoms with E-state index in [9.17, 15) is 4.79 Å². The van der Waals surface area contributed by atoms with E-state index in [-0.39, 0.29) is 18.1 Å². The number of carbonyl (C=O) groups is 1. The SMILES string of the molecule is CC(O)CCNC(=O)C(C)OCC1CC1. The third-order valence-electron chi connectivity index (χ3n) is 2.51. The summed E-state index contributed by atoms with van der Waals surface area (Å²) >= 11 is 0. The number of nitrogens with one attached hydrogen (secondary N) is 1. The average Bonchev–Trinajstić information content (AvgIpc) is 2.96. The van der Waals surface area contributed by atoms with Crippen LogP contribution in [0, 0.1) is 5.92 Å². The van der Waals surface area contributed by atoms with Gasteiger partial charge in [-0.25, -0.2) is 0 Å². The van der Waals surface area contributed by atoms with Crippen LogP contribution in [0.4, 0.5) is 0 Å². The van der Waals surface area contributed by atoms with Gasteiger partial charge < -0.3 is 15.2 Å². The van der Waals surface area contributed by atoms with E-state index < -0.39 is 0 Å². The summed E-state index contributed by atoms with van der Waals surface area (Å²) in [5, 5.41) is 11.7. The van der Waals surface area contributed by atoms with E-state index in [1.807, 2.05) is 0 Å². The van der Waals surface area contributed by atoms with Crippen molar-refractivity contribution in [3.8, 4) is 0 Å². The molecule has 0 spiro atoms. The van der Waals surface area contributed by atoms with E-state index in [4.69, 9.17) is 9.84 Å². The van der Waals surface area contributed by atoms with Crippen LogP contribution in [0.3, 0.4) is 0 Å². The minimum Gasteiger partial charge on any atom is -0.393 e. The van der Waals surface area contributed by atoms with E-state index in [2.05, 4.69) is 5.32 Å². The topological polar surface area (TPSA) is 58.6 Å². The molecule has 1 rings (SSSR count). The van der Waals surface area contributed by atoms with Gasteiger partial charge in [0.15, 0.2) is 0 Å². The van der Waals surface area contributed by atoms with Crippen molar-refractivity contribution in [2.24, 2.45) is 5.92 Å². The summed E-state index contributed by atoms with van der Waals surface area (Å²) < 4.78 is 5.41. The van der Waals surface area contributed by atoms with Crippen LogP contribution in [0.25, 0.3) is 0 Å². The molecule has 1 aliphatic carbocycles. The number of hydrogen-bond acceptors (Lipinski definition) is 3. The molecule has 0 aromatic heterocycles. The fourth-order valence-corrected chi connectivity index (χ4v) is 1.19. The van der Waals surface area contributed by atoms with E-state index in [0.29, 0.717) is 25.5 Å². The predicted molar refractivity (Wildman–Crippen MR) is 57.4 cm³/mol. The van der Waals surface area contributed by atoms with Gasteiger partial charge in [0.1, 0.15) is 6.10 Å². The van der Waals surface area contributed by atoms with Crippen molar-refractivity contribution in [3.63, 3.8) is 0 Å². The van der Waals surface area contributed by atoms with Crippen molar-refractivity contribution >= 4 is 5.91 Å². The second kappa shape index (κ2) is 6.08. The lowest BCUT2D eigenvalue weighted by Crippen LogP contribution is -2.36. The molecular weight excluding hydrogens is 194 g/mol. The summed E-state index contributed by atoms with van der Waals surface area (Å²) in [5.74, 6) is 0.592. The lowest BCUT2D eigenvalue weighted by atomic mass is 10.3. The molecular formula is C11H21NO3. The number of hydrogen-bond donors (Lipinski definition) is 2. The van der Waals surface area contributed by atoms with Crippen LogP contribution in [0.1, 0.15) is 33.1 Å². The van der Waals surface area contributed by atoms with E-state index in [0.717, 1.165) is 0 Å². The highest BCUT2D eigenvalue weighted by atomic mass is 16.5. The molecule has 0 aromatic carbocycles. The van der Waals surface area contributed by atoms with Gasteiger partial charge in [-0.1, -0.05) is 0 Å². The number of aliphatic hydroxyl groups excluding tert-OH is 1. The van der Waals surface area contributed by atoms with Crippen molar-refractivity contribution in [1.82, 2.24) is 5.32 Å². The van der Waals surface area contributed by atoms with E-state index in [1.54, 1.807) is 13.8 Å². The molecule has 1 aliphatic rings. The van der Waals surface area contributed by atoms with Gasteiger partial charge in [0.05, 0.1) is 12.7 Å². The Bertz CT molecular complexity index is 202. The molecule has 88 valence electrons. The number of amides is 1. The van der Waals surface area contributed by atoms with E-state index >= 15 is 0 Å². The van der Waals surface area contributed by atoms with Gasteiger partial charge in [0.25, 0.3) is 0 Å². The predicted octanol–water partition coefficient (Wildman–Crippen LogP) is 0.689. The smallest absolute Gasteiger partial charge is 0.248 e. The second-order valence-corrected chi connectivity index (χ2v) is 4.35. The van der Waals surface area contributed by atoms with Gasteiger partial charge in [0, 0.05) is 6.54 Å². The first-order chi connectivity index (χ1) is 7.09. The highest BCUT2D eigenvalue weighted by Crippen LogP contribution is 2.29. The molecule has 1 fully saturated rings. The summed E-state index contributed by atoms with van der Waals surface area (Å²) in [6.07, 6.45) is 2.31. The average molecular weight is 215 g/mol. The summed E-state index contributed by atoms with van der Waals surface area (Å²) in [4.78, 5) is 11.4. The van der Waals surface area contributed by atoms with Gasteiger partial charge in [-0.3, -0.25) is 4.79 Å². The Morgan fingerprint density at radius 1 is 1.53 bits per heavy atom. The third kappa shape index (κ3) is 5.74. The number of carbonyl (C=O) groups excluding carboxylic acids is 1. The summed E-state index contributed by atoms with van der Waals surface area (Å²) in [5.41, 5.74) is 0.